The van der Waals surface area contributed by atoms with Crippen molar-refractivity contribution in [3.63, 3.8) is 0 Å². The molecule has 4 rings (SSSR count). The fraction of sp³-hybridized carbons (Fsp3) is 0.0690. The second kappa shape index (κ2) is 12.6. The highest BCUT2D eigenvalue weighted by Crippen LogP contribution is 2.28. The summed E-state index contributed by atoms with van der Waals surface area (Å²) in [6.45, 7) is 1.87. The molecule has 0 aliphatic carbocycles. The number of anilines is 1. The summed E-state index contributed by atoms with van der Waals surface area (Å²) in [5.74, 6) is -0.493. The first-order valence-corrected chi connectivity index (χ1v) is 14.1. The van der Waals surface area contributed by atoms with E-state index in [1.807, 2.05) is 6.92 Å². The van der Waals surface area contributed by atoms with E-state index in [-0.39, 0.29) is 16.2 Å². The molecule has 0 fully saturated rings. The van der Waals surface area contributed by atoms with Crippen LogP contribution in [0.25, 0.3) is 0 Å². The van der Waals surface area contributed by atoms with E-state index in [1.165, 1.54) is 49.7 Å². The summed E-state index contributed by atoms with van der Waals surface area (Å²) >= 11 is 3.32. The minimum atomic E-state index is -3.75. The first-order chi connectivity index (χ1) is 19.1. The zero-order chi connectivity index (χ0) is 28.7. The van der Waals surface area contributed by atoms with Gasteiger partial charge in [0.2, 0.25) is 0 Å². The number of aryl methyl sites for hydroxylation is 1. The van der Waals surface area contributed by atoms with Crippen molar-refractivity contribution < 1.29 is 27.5 Å². The standard InChI is InChI=1S/C29H24BrN3O6S/c1-19-6-13-25(14-7-19)40(36,37)33-24-11-9-21(10-12-24)28(34)32-31-18-20-8-15-26(27(16-20)38-2)39-29(35)22-4-3-5-23(30)17-22/h3-18,33H,1-2H3,(H,32,34). The maximum atomic E-state index is 12.6. The Morgan fingerprint density at radius 2 is 1.60 bits per heavy atom. The molecule has 0 radical (unpaired) electrons. The number of hydrogen-bond donors (Lipinski definition) is 2. The van der Waals surface area contributed by atoms with Crippen LogP contribution < -0.4 is 19.6 Å². The van der Waals surface area contributed by atoms with Crippen molar-refractivity contribution in [3.8, 4) is 11.5 Å². The number of hydrogen-bond acceptors (Lipinski definition) is 7. The fourth-order valence-electron chi connectivity index (χ4n) is 3.47. The highest BCUT2D eigenvalue weighted by Gasteiger charge is 2.15. The maximum absolute atomic E-state index is 12.6. The molecular formula is C29H24BrN3O6S. The molecule has 1 amide bonds. The lowest BCUT2D eigenvalue weighted by atomic mass is 10.2. The number of amides is 1. The van der Waals surface area contributed by atoms with Crippen LogP contribution >= 0.6 is 15.9 Å². The number of ether oxygens (including phenoxy) is 2. The molecule has 204 valence electrons. The first kappa shape index (κ1) is 28.5. The van der Waals surface area contributed by atoms with Gasteiger partial charge in [-0.3, -0.25) is 9.52 Å². The number of sulfonamides is 1. The van der Waals surface area contributed by atoms with Crippen LogP contribution in [0.2, 0.25) is 0 Å². The molecule has 0 saturated heterocycles. The van der Waals surface area contributed by atoms with Gasteiger partial charge in [-0.2, -0.15) is 5.10 Å². The van der Waals surface area contributed by atoms with Gasteiger partial charge in [-0.15, -0.1) is 0 Å². The Balaban J connectivity index is 1.36. The van der Waals surface area contributed by atoms with Crippen molar-refractivity contribution in [2.75, 3.05) is 11.8 Å². The second-order valence-corrected chi connectivity index (χ2v) is 11.1. The van der Waals surface area contributed by atoms with E-state index in [1.54, 1.807) is 54.6 Å². The Labute approximate surface area is 240 Å². The fourth-order valence-corrected chi connectivity index (χ4v) is 4.93. The molecule has 2 N–H and O–H groups in total. The molecule has 0 aliphatic rings. The topological polar surface area (TPSA) is 123 Å². The Bertz CT molecular complexity index is 1670. The summed E-state index contributed by atoms with van der Waals surface area (Å²) in [4.78, 5) is 25.1. The summed E-state index contributed by atoms with van der Waals surface area (Å²) in [6, 6.07) is 24.1. The van der Waals surface area contributed by atoms with E-state index in [4.69, 9.17) is 9.47 Å². The summed E-state index contributed by atoms with van der Waals surface area (Å²) in [6.07, 6.45) is 1.41. The van der Waals surface area contributed by atoms with Gasteiger partial charge < -0.3 is 9.47 Å². The molecule has 11 heteroatoms. The van der Waals surface area contributed by atoms with Gasteiger partial charge in [0, 0.05) is 15.7 Å². The minimum absolute atomic E-state index is 0.140. The zero-order valence-corrected chi connectivity index (χ0v) is 23.8. The number of carbonyl (C=O) groups is 2. The SMILES string of the molecule is COc1cc(C=NNC(=O)c2ccc(NS(=O)(=O)c3ccc(C)cc3)cc2)ccc1OC(=O)c1cccc(Br)c1. The molecule has 0 saturated carbocycles. The van der Waals surface area contributed by atoms with E-state index in [9.17, 15) is 18.0 Å². The van der Waals surface area contributed by atoms with Crippen molar-refractivity contribution in [2.24, 2.45) is 5.10 Å². The average molecular weight is 622 g/mol. The number of benzene rings is 4. The molecule has 4 aromatic carbocycles. The normalized spacial score (nSPS) is 11.2. The molecule has 0 unspecified atom stereocenters. The molecule has 40 heavy (non-hydrogen) atoms. The summed E-state index contributed by atoms with van der Waals surface area (Å²) in [7, 11) is -2.31. The molecule has 0 aromatic heterocycles. The summed E-state index contributed by atoms with van der Waals surface area (Å²) in [5.41, 5.74) is 4.92. The third kappa shape index (κ3) is 7.33. The third-order valence-corrected chi connectivity index (χ3v) is 7.45. The van der Waals surface area contributed by atoms with Crippen LogP contribution in [0, 0.1) is 6.92 Å². The lowest BCUT2D eigenvalue weighted by molar-refractivity contribution is 0.0729. The van der Waals surface area contributed by atoms with Crippen LogP contribution in [0.4, 0.5) is 5.69 Å². The molecule has 9 nitrogen and oxygen atoms in total. The molecule has 0 spiro atoms. The van der Waals surface area contributed by atoms with Crippen molar-refractivity contribution in [2.45, 2.75) is 11.8 Å². The maximum Gasteiger partial charge on any atom is 0.343 e. The molecule has 4 aromatic rings. The largest absolute Gasteiger partial charge is 0.493 e. The summed E-state index contributed by atoms with van der Waals surface area (Å²) in [5, 5.41) is 3.97. The van der Waals surface area contributed by atoms with E-state index in [0.717, 1.165) is 10.0 Å². The van der Waals surface area contributed by atoms with E-state index >= 15 is 0 Å². The van der Waals surface area contributed by atoms with Gasteiger partial charge in [0.25, 0.3) is 15.9 Å². The lowest BCUT2D eigenvalue weighted by Crippen LogP contribution is -2.18. The Morgan fingerprint density at radius 1 is 0.875 bits per heavy atom. The van der Waals surface area contributed by atoms with Gasteiger partial charge in [-0.25, -0.2) is 18.6 Å². The predicted octanol–water partition coefficient (Wildman–Crippen LogP) is 5.55. The highest BCUT2D eigenvalue weighted by molar-refractivity contribution is 9.10. The van der Waals surface area contributed by atoms with Gasteiger partial charge in [0.05, 0.1) is 23.8 Å². The quantitative estimate of drug-likeness (QED) is 0.109. The number of nitrogens with one attached hydrogen (secondary N) is 2. The predicted molar refractivity (Wildman–Crippen MR) is 156 cm³/mol. The number of methoxy groups -OCH3 is 1. The number of halogens is 1. The Morgan fingerprint density at radius 3 is 2.27 bits per heavy atom. The van der Waals surface area contributed by atoms with Gasteiger partial charge in [0.15, 0.2) is 11.5 Å². The smallest absolute Gasteiger partial charge is 0.343 e. The van der Waals surface area contributed by atoms with Crippen LogP contribution in [-0.2, 0) is 10.0 Å². The van der Waals surface area contributed by atoms with Gasteiger partial charge in [-0.05, 0) is 85.3 Å². The van der Waals surface area contributed by atoms with Crippen LogP contribution in [0.1, 0.15) is 31.8 Å². The van der Waals surface area contributed by atoms with Crippen molar-refractivity contribution in [1.82, 2.24) is 5.43 Å². The van der Waals surface area contributed by atoms with E-state index in [2.05, 4.69) is 31.2 Å². The second-order valence-electron chi connectivity index (χ2n) is 8.51. The summed E-state index contributed by atoms with van der Waals surface area (Å²) < 4.78 is 39.2. The minimum Gasteiger partial charge on any atom is -0.493 e. The molecule has 0 heterocycles. The highest BCUT2D eigenvalue weighted by atomic mass is 79.9. The number of carbonyl (C=O) groups excluding carboxylic acids is 2. The van der Waals surface area contributed by atoms with Gasteiger partial charge in [0.1, 0.15) is 0 Å². The molecule has 0 bridgehead atoms. The van der Waals surface area contributed by atoms with E-state index < -0.39 is 21.9 Å². The van der Waals surface area contributed by atoms with Crippen LogP contribution in [0.3, 0.4) is 0 Å². The Kier molecular flexibility index (Phi) is 8.97. The number of hydrazone groups is 1. The van der Waals surface area contributed by atoms with Crippen molar-refractivity contribution in [3.05, 3.63) is 118 Å². The number of nitrogens with zero attached hydrogens (tertiary/aromatic N) is 1. The monoisotopic (exact) mass is 621 g/mol. The molecular weight excluding hydrogens is 598 g/mol. The van der Waals surface area contributed by atoms with Gasteiger partial charge in [-0.1, -0.05) is 39.7 Å². The third-order valence-electron chi connectivity index (χ3n) is 5.56. The van der Waals surface area contributed by atoms with Gasteiger partial charge >= 0.3 is 5.97 Å². The van der Waals surface area contributed by atoms with Crippen LogP contribution in [0.15, 0.2) is 105 Å². The van der Waals surface area contributed by atoms with Crippen molar-refractivity contribution >= 4 is 49.7 Å². The van der Waals surface area contributed by atoms with Crippen LogP contribution in [-0.4, -0.2) is 33.6 Å². The Hall–Kier alpha value is -4.48. The number of rotatable bonds is 9. The number of esters is 1. The van der Waals surface area contributed by atoms with Crippen molar-refractivity contribution in [1.29, 1.82) is 0 Å². The first-order valence-electron chi connectivity index (χ1n) is 11.8. The van der Waals surface area contributed by atoms with E-state index in [0.29, 0.717) is 22.6 Å². The molecule has 0 atom stereocenters. The zero-order valence-electron chi connectivity index (χ0n) is 21.4. The average Bonchev–Trinajstić information content (AvgIpc) is 2.94. The lowest BCUT2D eigenvalue weighted by Gasteiger charge is -2.10. The van der Waals surface area contributed by atoms with Crippen LogP contribution in [0.5, 0.6) is 11.5 Å². The molecule has 0 aliphatic heterocycles.